The molecule has 1 N–H and O–H groups in total. The molecule has 1 saturated heterocycles. The van der Waals surface area contributed by atoms with Crippen molar-refractivity contribution in [1.29, 1.82) is 0 Å². The van der Waals surface area contributed by atoms with Crippen molar-refractivity contribution in [1.82, 2.24) is 15.1 Å². The molecule has 1 fully saturated rings. The van der Waals surface area contributed by atoms with Gasteiger partial charge in [-0.1, -0.05) is 18.2 Å². The van der Waals surface area contributed by atoms with Crippen LogP contribution in [0.1, 0.15) is 24.2 Å². The highest BCUT2D eigenvalue weighted by Crippen LogP contribution is 2.23. The Labute approximate surface area is 141 Å². The second-order valence-corrected chi connectivity index (χ2v) is 7.97. The van der Waals surface area contributed by atoms with E-state index in [0.29, 0.717) is 12.1 Å². The third-order valence-electron chi connectivity index (χ3n) is 4.01. The third-order valence-corrected chi connectivity index (χ3v) is 6.53. The topological polar surface area (TPSA) is 29.9 Å². The van der Waals surface area contributed by atoms with Crippen molar-refractivity contribution in [3.05, 3.63) is 47.8 Å². The van der Waals surface area contributed by atoms with Crippen molar-refractivity contribution in [2.24, 2.45) is 0 Å². The van der Waals surface area contributed by atoms with Crippen molar-refractivity contribution >= 4 is 23.5 Å². The number of nitrogens with zero attached hydrogens (tertiary/aromatic N) is 2. The average molecular weight is 334 g/mol. The molecule has 22 heavy (non-hydrogen) atoms. The van der Waals surface area contributed by atoms with E-state index in [9.17, 15) is 0 Å². The summed E-state index contributed by atoms with van der Waals surface area (Å²) in [7, 11) is 0. The van der Waals surface area contributed by atoms with Gasteiger partial charge in [0.15, 0.2) is 0 Å². The second-order valence-electron chi connectivity index (χ2n) is 5.67. The maximum Gasteiger partial charge on any atom is 0.0648 e. The van der Waals surface area contributed by atoms with Crippen molar-refractivity contribution in [3.8, 4) is 5.69 Å². The largest absolute Gasteiger partial charge is 0.306 e. The first-order chi connectivity index (χ1) is 10.8. The maximum absolute atomic E-state index is 4.58. The van der Waals surface area contributed by atoms with Crippen molar-refractivity contribution in [2.45, 2.75) is 25.9 Å². The zero-order valence-corrected chi connectivity index (χ0v) is 14.8. The molecule has 0 amide bonds. The van der Waals surface area contributed by atoms with Crippen LogP contribution < -0.4 is 5.32 Å². The van der Waals surface area contributed by atoms with Crippen molar-refractivity contribution in [2.75, 3.05) is 23.0 Å². The molecular weight excluding hydrogens is 310 g/mol. The lowest BCUT2D eigenvalue weighted by molar-refractivity contribution is 0.515. The summed E-state index contributed by atoms with van der Waals surface area (Å²) < 4.78 is 2.03. The molecule has 1 aromatic heterocycles. The molecule has 0 spiro atoms. The standard InChI is InChI=1S/C17H23N3S2/c1-13(19-15-11-21-8-9-22-12-15)17-10-18-20(14(17)2)16-6-4-3-5-7-16/h3-7,10,13,15,19H,8-9,11-12H2,1-2H3. The van der Waals surface area contributed by atoms with Crippen LogP contribution in [-0.4, -0.2) is 38.8 Å². The van der Waals surface area contributed by atoms with E-state index >= 15 is 0 Å². The normalized spacial score (nSPS) is 18.1. The molecule has 1 atom stereocenters. The Morgan fingerprint density at radius 1 is 1.18 bits per heavy atom. The predicted molar refractivity (Wildman–Crippen MR) is 98.3 cm³/mol. The Hall–Kier alpha value is -0.910. The van der Waals surface area contributed by atoms with E-state index in [4.69, 9.17) is 0 Å². The molecule has 2 aromatic rings. The summed E-state index contributed by atoms with van der Waals surface area (Å²) in [5, 5.41) is 8.37. The van der Waals surface area contributed by atoms with E-state index in [0.717, 1.165) is 5.69 Å². The first-order valence-electron chi connectivity index (χ1n) is 7.77. The van der Waals surface area contributed by atoms with Gasteiger partial charge in [-0.15, -0.1) is 0 Å². The highest BCUT2D eigenvalue weighted by atomic mass is 32.2. The van der Waals surface area contributed by atoms with Crippen LogP contribution in [0.4, 0.5) is 0 Å². The maximum atomic E-state index is 4.58. The van der Waals surface area contributed by atoms with Crippen LogP contribution in [0.3, 0.4) is 0 Å². The van der Waals surface area contributed by atoms with E-state index < -0.39 is 0 Å². The van der Waals surface area contributed by atoms with Crippen molar-refractivity contribution < 1.29 is 0 Å². The fourth-order valence-electron chi connectivity index (χ4n) is 2.83. The minimum Gasteiger partial charge on any atom is -0.306 e. The molecule has 3 rings (SSSR count). The van der Waals surface area contributed by atoms with E-state index in [1.807, 2.05) is 16.9 Å². The van der Waals surface area contributed by atoms with E-state index in [1.54, 1.807) is 0 Å². The van der Waals surface area contributed by atoms with Gasteiger partial charge in [0.2, 0.25) is 0 Å². The van der Waals surface area contributed by atoms with Gasteiger partial charge in [0, 0.05) is 46.4 Å². The number of thioether (sulfide) groups is 2. The van der Waals surface area contributed by atoms with Gasteiger partial charge >= 0.3 is 0 Å². The Morgan fingerprint density at radius 2 is 1.86 bits per heavy atom. The molecule has 1 aliphatic heterocycles. The van der Waals surface area contributed by atoms with Crippen LogP contribution >= 0.6 is 23.5 Å². The lowest BCUT2D eigenvalue weighted by Crippen LogP contribution is -2.35. The van der Waals surface area contributed by atoms with E-state index in [2.05, 4.69) is 72.1 Å². The Balaban J connectivity index is 1.73. The first kappa shape index (κ1) is 16.0. The Kier molecular flexibility index (Phi) is 5.50. The summed E-state index contributed by atoms with van der Waals surface area (Å²) in [5.41, 5.74) is 3.64. The summed E-state index contributed by atoms with van der Waals surface area (Å²) in [4.78, 5) is 0. The quantitative estimate of drug-likeness (QED) is 0.924. The van der Waals surface area contributed by atoms with Gasteiger partial charge in [-0.3, -0.25) is 0 Å². The highest BCUT2D eigenvalue weighted by Gasteiger charge is 2.19. The van der Waals surface area contributed by atoms with Crippen molar-refractivity contribution in [3.63, 3.8) is 0 Å². The Bertz CT molecular complexity index is 589. The number of rotatable bonds is 4. The van der Waals surface area contributed by atoms with Gasteiger partial charge in [0.1, 0.15) is 0 Å². The molecule has 3 nitrogen and oxygen atoms in total. The van der Waals surface area contributed by atoms with Crippen LogP contribution in [0.15, 0.2) is 36.5 Å². The van der Waals surface area contributed by atoms with Crippen LogP contribution in [-0.2, 0) is 0 Å². The summed E-state index contributed by atoms with van der Waals surface area (Å²) >= 11 is 4.13. The molecule has 0 saturated carbocycles. The molecule has 2 heterocycles. The lowest BCUT2D eigenvalue weighted by Gasteiger charge is -2.21. The zero-order valence-electron chi connectivity index (χ0n) is 13.2. The highest BCUT2D eigenvalue weighted by molar-refractivity contribution is 8.03. The first-order valence-corrected chi connectivity index (χ1v) is 10.1. The zero-order chi connectivity index (χ0) is 15.4. The van der Waals surface area contributed by atoms with Crippen LogP contribution in [0.25, 0.3) is 5.69 Å². The molecule has 1 aliphatic rings. The second kappa shape index (κ2) is 7.57. The number of aromatic nitrogens is 2. The average Bonchev–Trinajstić information content (AvgIpc) is 2.75. The number of hydrogen-bond donors (Lipinski definition) is 1. The van der Waals surface area contributed by atoms with Crippen LogP contribution in [0.5, 0.6) is 0 Å². The van der Waals surface area contributed by atoms with Gasteiger partial charge in [0.25, 0.3) is 0 Å². The van der Waals surface area contributed by atoms with Gasteiger partial charge in [0.05, 0.1) is 11.9 Å². The van der Waals surface area contributed by atoms with E-state index in [-0.39, 0.29) is 0 Å². The molecule has 1 aromatic carbocycles. The third kappa shape index (κ3) is 3.70. The van der Waals surface area contributed by atoms with Gasteiger partial charge in [-0.25, -0.2) is 4.68 Å². The minimum atomic E-state index is 0.335. The molecule has 0 radical (unpaired) electrons. The fraction of sp³-hybridized carbons (Fsp3) is 0.471. The molecule has 0 bridgehead atoms. The summed E-state index contributed by atoms with van der Waals surface area (Å²) in [6.07, 6.45) is 2.01. The van der Waals surface area contributed by atoms with Crippen LogP contribution in [0, 0.1) is 6.92 Å². The molecule has 5 heteroatoms. The lowest BCUT2D eigenvalue weighted by atomic mass is 10.1. The smallest absolute Gasteiger partial charge is 0.0648 e. The van der Waals surface area contributed by atoms with Gasteiger partial charge in [-0.2, -0.15) is 28.6 Å². The predicted octanol–water partition coefficient (Wildman–Crippen LogP) is 3.68. The number of benzene rings is 1. The summed E-state index contributed by atoms with van der Waals surface area (Å²) in [5.74, 6) is 4.98. The Morgan fingerprint density at radius 3 is 2.55 bits per heavy atom. The van der Waals surface area contributed by atoms with Gasteiger partial charge in [-0.05, 0) is 26.0 Å². The van der Waals surface area contributed by atoms with E-state index in [1.165, 1.54) is 34.3 Å². The summed E-state index contributed by atoms with van der Waals surface area (Å²) in [6, 6.07) is 11.3. The summed E-state index contributed by atoms with van der Waals surface area (Å²) in [6.45, 7) is 4.41. The number of hydrogen-bond acceptors (Lipinski definition) is 4. The fourth-order valence-corrected chi connectivity index (χ4v) is 5.26. The SMILES string of the molecule is Cc1c(C(C)NC2CSCCSC2)cnn1-c1ccccc1. The number of nitrogens with one attached hydrogen (secondary N) is 1. The molecular formula is C17H23N3S2. The van der Waals surface area contributed by atoms with Gasteiger partial charge < -0.3 is 5.32 Å². The van der Waals surface area contributed by atoms with Crippen LogP contribution in [0.2, 0.25) is 0 Å². The molecule has 0 aliphatic carbocycles. The minimum absolute atomic E-state index is 0.335. The monoisotopic (exact) mass is 333 g/mol. The molecule has 1 unspecified atom stereocenters. The number of para-hydroxylation sites is 1. The molecule has 118 valence electrons.